The maximum Gasteiger partial charge on any atom is 0.416 e. The fourth-order valence-corrected chi connectivity index (χ4v) is 5.90. The summed E-state index contributed by atoms with van der Waals surface area (Å²) >= 11 is 12.7. The minimum atomic E-state index is -4.67. The number of alkyl halides is 3. The van der Waals surface area contributed by atoms with Gasteiger partial charge in [0.05, 0.1) is 20.6 Å². The van der Waals surface area contributed by atoms with Gasteiger partial charge in [-0.1, -0.05) is 29.3 Å². The van der Waals surface area contributed by atoms with E-state index < -0.39 is 39.2 Å². The number of fused-ring (bicyclic) bond motifs is 1. The minimum absolute atomic E-state index is 0.0216. The van der Waals surface area contributed by atoms with Crippen molar-refractivity contribution in [2.45, 2.75) is 10.4 Å². The van der Waals surface area contributed by atoms with E-state index in [4.69, 9.17) is 23.2 Å². The van der Waals surface area contributed by atoms with Gasteiger partial charge in [0.1, 0.15) is 4.21 Å². The number of rotatable bonds is 4. The average molecular weight is 578 g/mol. The maximum atomic E-state index is 13.1. The Morgan fingerprint density at radius 1 is 1.03 bits per heavy atom. The molecule has 0 aliphatic rings. The molecule has 8 nitrogen and oxygen atoms in total. The van der Waals surface area contributed by atoms with Crippen LogP contribution in [-0.2, 0) is 16.2 Å². The van der Waals surface area contributed by atoms with Crippen LogP contribution >= 0.6 is 34.5 Å². The molecule has 0 unspecified atom stereocenters. The van der Waals surface area contributed by atoms with Gasteiger partial charge in [-0.05, 0) is 47.9 Å². The van der Waals surface area contributed by atoms with Crippen LogP contribution in [0.2, 0.25) is 9.36 Å². The van der Waals surface area contributed by atoms with Crippen LogP contribution in [0.1, 0.15) is 5.56 Å². The van der Waals surface area contributed by atoms with Gasteiger partial charge < -0.3 is 10.4 Å². The number of anilines is 1. The van der Waals surface area contributed by atoms with Crippen molar-refractivity contribution in [3.05, 3.63) is 79.9 Å². The molecule has 0 fully saturated rings. The summed E-state index contributed by atoms with van der Waals surface area (Å²) in [6.45, 7) is 0. The maximum absolute atomic E-state index is 13.1. The first-order chi connectivity index (χ1) is 16.8. The molecule has 0 saturated heterocycles. The first kappa shape index (κ1) is 25.8. The molecule has 0 bridgehead atoms. The zero-order valence-electron chi connectivity index (χ0n) is 17.4. The van der Waals surface area contributed by atoms with E-state index in [9.17, 15) is 36.3 Å². The Morgan fingerprint density at radius 2 is 1.75 bits per heavy atom. The van der Waals surface area contributed by atoms with E-state index in [-0.39, 0.29) is 35.7 Å². The highest BCUT2D eigenvalue weighted by molar-refractivity contribution is 7.92. The summed E-state index contributed by atoms with van der Waals surface area (Å²) in [6.07, 6.45) is -4.67. The number of amides is 2. The third-order valence-corrected chi connectivity index (χ3v) is 8.18. The lowest BCUT2D eigenvalue weighted by atomic mass is 10.1. The van der Waals surface area contributed by atoms with Crippen LogP contribution in [0, 0.1) is 0 Å². The number of halogens is 5. The van der Waals surface area contributed by atoms with Crippen molar-refractivity contribution in [1.82, 2.24) is 9.29 Å². The molecule has 2 heterocycles. The van der Waals surface area contributed by atoms with E-state index in [1.165, 1.54) is 24.3 Å². The Kier molecular flexibility index (Phi) is 6.68. The van der Waals surface area contributed by atoms with Gasteiger partial charge in [-0.15, -0.1) is 11.3 Å². The van der Waals surface area contributed by atoms with E-state index in [1.807, 2.05) is 0 Å². The fourth-order valence-electron chi connectivity index (χ4n) is 3.24. The molecule has 15 heteroatoms. The quantitative estimate of drug-likeness (QED) is 0.292. The summed E-state index contributed by atoms with van der Waals surface area (Å²) < 4.78 is 66.3. The molecule has 4 rings (SSSR count). The van der Waals surface area contributed by atoms with Crippen molar-refractivity contribution in [2.75, 3.05) is 5.32 Å². The third kappa shape index (κ3) is 5.14. The zero-order valence-corrected chi connectivity index (χ0v) is 20.6. The molecule has 4 aromatic rings. The topological polar surface area (TPSA) is 118 Å². The van der Waals surface area contributed by atoms with Gasteiger partial charge in [-0.3, -0.25) is 4.79 Å². The summed E-state index contributed by atoms with van der Waals surface area (Å²) in [7, 11) is -4.19. The minimum Gasteiger partial charge on any atom is -0.494 e. The van der Waals surface area contributed by atoms with Gasteiger partial charge >= 0.3 is 12.2 Å². The van der Waals surface area contributed by atoms with Crippen molar-refractivity contribution in [1.29, 1.82) is 0 Å². The van der Waals surface area contributed by atoms with Crippen LogP contribution in [0.15, 0.2) is 63.6 Å². The van der Waals surface area contributed by atoms with Gasteiger partial charge in [0.2, 0.25) is 5.88 Å². The normalized spacial score (nSPS) is 12.0. The Morgan fingerprint density at radius 3 is 2.36 bits per heavy atom. The molecule has 3 N–H and O–H groups in total. The lowest BCUT2D eigenvalue weighted by Gasteiger charge is -2.15. The molecule has 0 radical (unpaired) electrons. The summed E-state index contributed by atoms with van der Waals surface area (Å²) in [6, 6.07) is 8.67. The average Bonchev–Trinajstić information content (AvgIpc) is 3.21. The molecule has 0 aliphatic carbocycles. The predicted octanol–water partition coefficient (Wildman–Crippen LogP) is 5.59. The van der Waals surface area contributed by atoms with Crippen molar-refractivity contribution in [3.63, 3.8) is 0 Å². The number of pyridine rings is 1. The number of hydrogen-bond donors (Lipinski definition) is 3. The number of hydrogen-bond acceptors (Lipinski definition) is 6. The van der Waals surface area contributed by atoms with Crippen LogP contribution in [0.5, 0.6) is 5.88 Å². The Hall–Kier alpha value is -3.26. The number of aromatic nitrogens is 1. The second kappa shape index (κ2) is 9.32. The summed E-state index contributed by atoms with van der Waals surface area (Å²) in [5.74, 6) is -0.773. The zero-order chi connectivity index (χ0) is 26.4. The van der Waals surface area contributed by atoms with Gasteiger partial charge in [-0.2, -0.15) is 13.2 Å². The lowest BCUT2D eigenvalue weighted by molar-refractivity contribution is -0.137. The van der Waals surface area contributed by atoms with E-state index in [2.05, 4.69) is 5.32 Å². The second-order valence-corrected chi connectivity index (χ2v) is 11.3. The molecule has 0 atom stereocenters. The summed E-state index contributed by atoms with van der Waals surface area (Å²) in [4.78, 5) is 24.8. The molecule has 2 aromatic heterocycles. The third-order valence-electron chi connectivity index (χ3n) is 4.82. The van der Waals surface area contributed by atoms with Crippen LogP contribution in [0.4, 0.5) is 23.7 Å². The highest BCUT2D eigenvalue weighted by atomic mass is 35.5. The number of benzene rings is 2. The monoisotopic (exact) mass is 577 g/mol. The number of aromatic hydroxyl groups is 1. The number of nitrogens with zero attached hydrogens (tertiary/aromatic N) is 1. The van der Waals surface area contributed by atoms with Crippen LogP contribution < -0.4 is 15.6 Å². The van der Waals surface area contributed by atoms with E-state index >= 15 is 0 Å². The van der Waals surface area contributed by atoms with Gasteiger partial charge in [-0.25, -0.2) is 22.5 Å². The van der Waals surface area contributed by atoms with Gasteiger partial charge in [0.25, 0.3) is 15.6 Å². The molecule has 0 aliphatic heterocycles. The van der Waals surface area contributed by atoms with E-state index in [0.29, 0.717) is 10.6 Å². The number of thiophene rings is 1. The first-order valence-electron chi connectivity index (χ1n) is 9.61. The standard InChI is InChI=1S/C21H12Cl2F3N3O5S2/c22-14-9-12(27-20(32)28-36(33,34)18-6-5-16(23)35-18)3-4-15(14)29-17(30)7-10-1-2-11(21(24,25)26)8-13(10)19(29)31/h1-9,31H,(H2,27,28,32). The molecular weight excluding hydrogens is 566 g/mol. The highest BCUT2D eigenvalue weighted by Gasteiger charge is 2.31. The van der Waals surface area contributed by atoms with Crippen molar-refractivity contribution < 1.29 is 31.5 Å². The molecule has 2 amide bonds. The van der Waals surface area contributed by atoms with Crippen molar-refractivity contribution in [3.8, 4) is 11.6 Å². The molecular formula is C21H12Cl2F3N3O5S2. The van der Waals surface area contributed by atoms with E-state index in [1.54, 1.807) is 4.72 Å². The molecule has 0 spiro atoms. The number of carbonyl (C=O) groups excluding carboxylic acids is 1. The Labute approximate surface area is 214 Å². The molecule has 188 valence electrons. The molecule has 2 aromatic carbocycles. The number of carbonyl (C=O) groups is 1. The lowest BCUT2D eigenvalue weighted by Crippen LogP contribution is -2.33. The first-order valence-corrected chi connectivity index (χ1v) is 12.7. The van der Waals surface area contributed by atoms with Gasteiger partial charge in [0.15, 0.2) is 0 Å². The SMILES string of the molecule is O=C(Nc1ccc(-n2c(O)c3cc(C(F)(F)F)ccc3cc2=O)c(Cl)c1)NS(=O)(=O)c1ccc(Cl)s1. The largest absolute Gasteiger partial charge is 0.494 e. The molecule has 0 saturated carbocycles. The Bertz CT molecular complexity index is 1680. The van der Waals surface area contributed by atoms with E-state index in [0.717, 1.165) is 35.6 Å². The highest BCUT2D eigenvalue weighted by Crippen LogP contribution is 2.35. The van der Waals surface area contributed by atoms with Gasteiger partial charge in [0, 0.05) is 17.1 Å². The number of urea groups is 1. The Balaban J connectivity index is 1.64. The fraction of sp³-hybridized carbons (Fsp3) is 0.0476. The number of sulfonamides is 1. The van der Waals surface area contributed by atoms with Crippen LogP contribution in [-0.4, -0.2) is 24.1 Å². The van der Waals surface area contributed by atoms with Crippen molar-refractivity contribution in [2.24, 2.45) is 0 Å². The molecule has 36 heavy (non-hydrogen) atoms. The summed E-state index contributed by atoms with van der Waals surface area (Å²) in [5.41, 5.74) is -1.87. The predicted molar refractivity (Wildman–Crippen MR) is 130 cm³/mol. The summed E-state index contributed by atoms with van der Waals surface area (Å²) in [5, 5.41) is 12.6. The second-order valence-electron chi connectivity index (χ2n) is 7.23. The van der Waals surface area contributed by atoms with Crippen LogP contribution in [0.25, 0.3) is 16.5 Å². The van der Waals surface area contributed by atoms with Crippen LogP contribution in [0.3, 0.4) is 0 Å². The number of nitrogens with one attached hydrogen (secondary N) is 2. The van der Waals surface area contributed by atoms with Crippen molar-refractivity contribution >= 4 is 67.1 Å². The smallest absolute Gasteiger partial charge is 0.416 e.